The molecule has 1 aromatic rings. The molecule has 1 heterocycles. The average Bonchev–Trinajstić information content (AvgIpc) is 2.57. The molecular formula is C21H33N3O2Si. The smallest absolute Gasteiger partial charge is 0.410 e. The summed E-state index contributed by atoms with van der Waals surface area (Å²) in [7, 11) is -1.43. The van der Waals surface area contributed by atoms with Crippen molar-refractivity contribution >= 4 is 19.9 Å². The Balaban J connectivity index is 2.11. The molecule has 0 atom stereocenters. The fraction of sp³-hybridized carbons (Fsp3) is 0.571. The van der Waals surface area contributed by atoms with Gasteiger partial charge in [-0.05, 0) is 44.5 Å². The van der Waals surface area contributed by atoms with Crippen LogP contribution in [0.3, 0.4) is 0 Å². The van der Waals surface area contributed by atoms with Crippen LogP contribution in [0.15, 0.2) is 18.2 Å². The third-order valence-electron chi connectivity index (χ3n) is 4.09. The molecule has 0 unspecified atom stereocenters. The van der Waals surface area contributed by atoms with E-state index in [9.17, 15) is 4.79 Å². The van der Waals surface area contributed by atoms with Crippen LogP contribution in [-0.2, 0) is 11.3 Å². The zero-order chi connectivity index (χ0) is 20.2. The summed E-state index contributed by atoms with van der Waals surface area (Å²) >= 11 is 0. The third kappa shape index (κ3) is 6.93. The Labute approximate surface area is 164 Å². The van der Waals surface area contributed by atoms with Gasteiger partial charge in [-0.25, -0.2) is 4.79 Å². The minimum atomic E-state index is -1.43. The highest BCUT2D eigenvalue weighted by Crippen LogP contribution is 2.21. The molecule has 0 bridgehead atoms. The van der Waals surface area contributed by atoms with Crippen LogP contribution >= 0.6 is 0 Å². The summed E-state index contributed by atoms with van der Waals surface area (Å²) in [6.45, 7) is 15.7. The lowest BCUT2D eigenvalue weighted by molar-refractivity contribution is 0.0240. The highest BCUT2D eigenvalue weighted by atomic mass is 28.3. The van der Waals surface area contributed by atoms with Crippen LogP contribution in [0.4, 0.5) is 10.5 Å². The maximum Gasteiger partial charge on any atom is 0.410 e. The topological polar surface area (TPSA) is 58.8 Å². The second-order valence-corrected chi connectivity index (χ2v) is 13.8. The van der Waals surface area contributed by atoms with Crippen molar-refractivity contribution < 1.29 is 9.53 Å². The highest BCUT2D eigenvalue weighted by molar-refractivity contribution is 6.83. The molecule has 0 radical (unpaired) electrons. The summed E-state index contributed by atoms with van der Waals surface area (Å²) in [5.74, 6) is 3.34. The first-order chi connectivity index (χ1) is 12.5. The number of benzene rings is 1. The van der Waals surface area contributed by atoms with E-state index in [0.29, 0.717) is 19.6 Å². The number of nitrogens with zero attached hydrogens (tertiary/aromatic N) is 2. The number of nitrogens with two attached hydrogens (primary N) is 1. The SMILES string of the molecule is CC(C)(C)OC(=O)N1CCN(c2cc(C#C[Si](C)(C)C)cc(CN)c2)CC1. The van der Waals surface area contributed by atoms with Gasteiger partial charge in [0.15, 0.2) is 0 Å². The number of ether oxygens (including phenoxy) is 1. The number of hydrogen-bond donors (Lipinski definition) is 1. The Kier molecular flexibility index (Phi) is 6.61. The zero-order valence-electron chi connectivity index (χ0n) is 17.6. The molecule has 1 saturated heterocycles. The summed E-state index contributed by atoms with van der Waals surface area (Å²) in [5.41, 5.74) is 12.1. The quantitative estimate of drug-likeness (QED) is 0.624. The summed E-state index contributed by atoms with van der Waals surface area (Å²) < 4.78 is 5.48. The standard InChI is InChI=1S/C21H33N3O2Si/c1-21(2,3)26-20(25)24-10-8-23(9-11-24)19-14-17(7-12-27(4,5)6)13-18(15-19)16-22/h13-15H,8-11,16,22H2,1-6H3. The van der Waals surface area contributed by atoms with Gasteiger partial charge in [0.05, 0.1) is 0 Å². The highest BCUT2D eigenvalue weighted by Gasteiger charge is 2.26. The lowest BCUT2D eigenvalue weighted by atomic mass is 10.1. The van der Waals surface area contributed by atoms with Crippen LogP contribution in [0, 0.1) is 11.5 Å². The van der Waals surface area contributed by atoms with Crippen molar-refractivity contribution in [2.45, 2.75) is 52.6 Å². The van der Waals surface area contributed by atoms with E-state index in [-0.39, 0.29) is 6.09 Å². The Morgan fingerprint density at radius 1 is 1.15 bits per heavy atom. The summed E-state index contributed by atoms with van der Waals surface area (Å²) in [6, 6.07) is 6.34. The van der Waals surface area contributed by atoms with Gasteiger partial charge in [0, 0.05) is 44.0 Å². The molecule has 1 aromatic carbocycles. The predicted octanol–water partition coefficient (Wildman–Crippen LogP) is 3.43. The second kappa shape index (κ2) is 8.36. The average molecular weight is 388 g/mol. The number of piperazine rings is 1. The van der Waals surface area contributed by atoms with E-state index >= 15 is 0 Å². The predicted molar refractivity (Wildman–Crippen MR) is 115 cm³/mol. The van der Waals surface area contributed by atoms with Crippen molar-refractivity contribution in [2.75, 3.05) is 31.1 Å². The third-order valence-corrected chi connectivity index (χ3v) is 4.97. The van der Waals surface area contributed by atoms with Gasteiger partial charge in [0.25, 0.3) is 0 Å². The summed E-state index contributed by atoms with van der Waals surface area (Å²) in [4.78, 5) is 16.3. The Morgan fingerprint density at radius 2 is 1.78 bits per heavy atom. The molecule has 0 aromatic heterocycles. The van der Waals surface area contributed by atoms with Crippen molar-refractivity contribution in [2.24, 2.45) is 5.73 Å². The number of carbonyl (C=O) groups excluding carboxylic acids is 1. The number of carbonyl (C=O) groups is 1. The van der Waals surface area contributed by atoms with Crippen LogP contribution in [-0.4, -0.2) is 50.8 Å². The van der Waals surface area contributed by atoms with Gasteiger partial charge < -0.3 is 20.3 Å². The van der Waals surface area contributed by atoms with Gasteiger partial charge in [-0.3, -0.25) is 0 Å². The first-order valence-corrected chi connectivity index (χ1v) is 13.1. The van der Waals surface area contributed by atoms with Crippen LogP contribution in [0.2, 0.25) is 19.6 Å². The van der Waals surface area contributed by atoms with Crippen molar-refractivity contribution in [3.63, 3.8) is 0 Å². The summed E-state index contributed by atoms with van der Waals surface area (Å²) in [5, 5.41) is 0. The van der Waals surface area contributed by atoms with E-state index in [2.05, 4.69) is 54.2 Å². The number of rotatable bonds is 2. The van der Waals surface area contributed by atoms with E-state index in [1.807, 2.05) is 20.8 Å². The first-order valence-electron chi connectivity index (χ1n) is 9.57. The molecule has 6 heteroatoms. The minimum Gasteiger partial charge on any atom is -0.444 e. The van der Waals surface area contributed by atoms with Gasteiger partial charge in [0.2, 0.25) is 0 Å². The van der Waals surface area contributed by atoms with E-state index in [1.165, 1.54) is 0 Å². The van der Waals surface area contributed by atoms with Gasteiger partial charge in [-0.15, -0.1) is 5.54 Å². The van der Waals surface area contributed by atoms with Crippen LogP contribution < -0.4 is 10.6 Å². The van der Waals surface area contributed by atoms with E-state index in [1.54, 1.807) is 4.90 Å². The van der Waals surface area contributed by atoms with Crippen molar-refractivity contribution in [1.29, 1.82) is 0 Å². The second-order valence-electron chi connectivity index (χ2n) is 9.05. The lowest BCUT2D eigenvalue weighted by Crippen LogP contribution is -2.50. The van der Waals surface area contributed by atoms with Crippen molar-refractivity contribution in [3.8, 4) is 11.5 Å². The molecule has 1 fully saturated rings. The van der Waals surface area contributed by atoms with Gasteiger partial charge in [-0.2, -0.15) is 0 Å². The Hall–Kier alpha value is -1.97. The van der Waals surface area contributed by atoms with E-state index in [4.69, 9.17) is 10.5 Å². The number of amides is 1. The van der Waals surface area contributed by atoms with Crippen LogP contribution in [0.1, 0.15) is 31.9 Å². The molecule has 2 N–H and O–H groups in total. The molecule has 0 spiro atoms. The molecule has 27 heavy (non-hydrogen) atoms. The fourth-order valence-corrected chi connectivity index (χ4v) is 3.30. The van der Waals surface area contributed by atoms with Crippen LogP contribution in [0.5, 0.6) is 0 Å². The normalized spacial score (nSPS) is 15.2. The molecule has 0 saturated carbocycles. The van der Waals surface area contributed by atoms with Gasteiger partial charge >= 0.3 is 6.09 Å². The molecule has 5 nitrogen and oxygen atoms in total. The fourth-order valence-electron chi connectivity index (χ4n) is 2.78. The van der Waals surface area contributed by atoms with Gasteiger partial charge in [0.1, 0.15) is 13.7 Å². The van der Waals surface area contributed by atoms with Gasteiger partial charge in [-0.1, -0.05) is 25.6 Å². The molecule has 1 aliphatic rings. The molecule has 1 aliphatic heterocycles. The molecule has 0 aliphatic carbocycles. The lowest BCUT2D eigenvalue weighted by Gasteiger charge is -2.37. The van der Waals surface area contributed by atoms with E-state index < -0.39 is 13.7 Å². The maximum atomic E-state index is 12.2. The monoisotopic (exact) mass is 387 g/mol. The van der Waals surface area contributed by atoms with Crippen LogP contribution in [0.25, 0.3) is 0 Å². The number of anilines is 1. The molecular weight excluding hydrogens is 354 g/mol. The first kappa shape index (κ1) is 21.3. The summed E-state index contributed by atoms with van der Waals surface area (Å²) in [6.07, 6.45) is -0.237. The maximum absolute atomic E-state index is 12.2. The molecule has 148 valence electrons. The van der Waals surface area contributed by atoms with Crippen molar-refractivity contribution in [3.05, 3.63) is 29.3 Å². The number of hydrogen-bond acceptors (Lipinski definition) is 4. The molecule has 1 amide bonds. The minimum absolute atomic E-state index is 0.237. The Morgan fingerprint density at radius 3 is 2.30 bits per heavy atom. The van der Waals surface area contributed by atoms with Crippen molar-refractivity contribution in [1.82, 2.24) is 4.90 Å². The molecule has 2 rings (SSSR count). The largest absolute Gasteiger partial charge is 0.444 e. The zero-order valence-corrected chi connectivity index (χ0v) is 18.6. The Bertz CT molecular complexity index is 731. The van der Waals surface area contributed by atoms with E-state index in [0.717, 1.165) is 29.9 Å².